The summed E-state index contributed by atoms with van der Waals surface area (Å²) in [6.07, 6.45) is 2.10. The van der Waals surface area contributed by atoms with Crippen LogP contribution >= 0.6 is 11.3 Å². The highest BCUT2D eigenvalue weighted by Gasteiger charge is 2.39. The maximum absolute atomic E-state index is 13.2. The largest absolute Gasteiger partial charge is 0.492 e. The Balaban J connectivity index is 1.22. The van der Waals surface area contributed by atoms with Crippen LogP contribution in [0.25, 0.3) is 10.2 Å². The number of carbonyl (C=O) groups is 2. The molecule has 2 amide bonds. The molecule has 0 N–H and O–H groups in total. The van der Waals surface area contributed by atoms with Crippen molar-refractivity contribution >= 4 is 39.1 Å². The Kier molecular flexibility index (Phi) is 5.83. The summed E-state index contributed by atoms with van der Waals surface area (Å²) in [6.45, 7) is 4.32. The molecule has 3 aromatic rings. The lowest BCUT2D eigenvalue weighted by molar-refractivity contribution is -0.136. The van der Waals surface area contributed by atoms with Crippen molar-refractivity contribution in [2.24, 2.45) is 5.92 Å². The SMILES string of the molecule is CCOc1ccccc1N1CC(C(=O)N2CCC(c3nc4ccccc4s3)CC2)CC1=O. The number of piperidine rings is 1. The van der Waals surface area contributed by atoms with Gasteiger partial charge in [0.05, 0.1) is 33.4 Å². The van der Waals surface area contributed by atoms with E-state index in [9.17, 15) is 9.59 Å². The Morgan fingerprint density at radius 3 is 2.66 bits per heavy atom. The molecule has 1 unspecified atom stereocenters. The fourth-order valence-electron chi connectivity index (χ4n) is 4.73. The Morgan fingerprint density at radius 2 is 1.88 bits per heavy atom. The highest BCUT2D eigenvalue weighted by molar-refractivity contribution is 7.18. The van der Waals surface area contributed by atoms with Gasteiger partial charge in [0.2, 0.25) is 11.8 Å². The standard InChI is InChI=1S/C25H27N3O3S/c1-2-31-21-9-5-4-8-20(21)28-16-18(15-23(28)29)25(30)27-13-11-17(12-14-27)24-26-19-7-3-6-10-22(19)32-24/h3-10,17-18H,2,11-16H2,1H3. The molecule has 2 aliphatic rings. The van der Waals surface area contributed by atoms with Crippen LogP contribution < -0.4 is 9.64 Å². The Hall–Kier alpha value is -2.93. The average Bonchev–Trinajstić information content (AvgIpc) is 3.43. The zero-order chi connectivity index (χ0) is 22.1. The van der Waals surface area contributed by atoms with Crippen molar-refractivity contribution in [1.82, 2.24) is 9.88 Å². The smallest absolute Gasteiger partial charge is 0.228 e. The van der Waals surface area contributed by atoms with Crippen LogP contribution in [0.15, 0.2) is 48.5 Å². The first-order valence-electron chi connectivity index (χ1n) is 11.3. The van der Waals surface area contributed by atoms with Crippen LogP contribution in [0.1, 0.15) is 37.1 Å². The van der Waals surface area contributed by atoms with Crippen molar-refractivity contribution < 1.29 is 14.3 Å². The molecule has 0 radical (unpaired) electrons. The van der Waals surface area contributed by atoms with Gasteiger partial charge in [-0.15, -0.1) is 11.3 Å². The van der Waals surface area contributed by atoms with Crippen LogP contribution in [-0.2, 0) is 9.59 Å². The highest BCUT2D eigenvalue weighted by atomic mass is 32.1. The molecule has 2 aromatic carbocycles. The van der Waals surface area contributed by atoms with Crippen molar-refractivity contribution in [3.63, 3.8) is 0 Å². The first-order chi connectivity index (χ1) is 15.6. The molecule has 2 fully saturated rings. The normalized spacial score (nSPS) is 19.7. The number of thiazole rings is 1. The van der Waals surface area contributed by atoms with Crippen LogP contribution in [0.2, 0.25) is 0 Å². The van der Waals surface area contributed by atoms with Gasteiger partial charge in [-0.25, -0.2) is 4.98 Å². The topological polar surface area (TPSA) is 62.7 Å². The molecule has 32 heavy (non-hydrogen) atoms. The molecule has 2 aliphatic heterocycles. The van der Waals surface area contributed by atoms with Crippen molar-refractivity contribution in [3.8, 4) is 5.75 Å². The molecular weight excluding hydrogens is 422 g/mol. The van der Waals surface area contributed by atoms with Crippen LogP contribution in [-0.4, -0.2) is 47.9 Å². The van der Waals surface area contributed by atoms with E-state index in [-0.39, 0.29) is 24.2 Å². The van der Waals surface area contributed by atoms with E-state index < -0.39 is 0 Å². The van der Waals surface area contributed by atoms with Crippen LogP contribution in [0, 0.1) is 5.92 Å². The van der Waals surface area contributed by atoms with E-state index in [4.69, 9.17) is 9.72 Å². The number of hydrogen-bond donors (Lipinski definition) is 0. The lowest BCUT2D eigenvalue weighted by Crippen LogP contribution is -2.42. The summed E-state index contributed by atoms with van der Waals surface area (Å²) in [5, 5.41) is 1.17. The molecule has 0 spiro atoms. The fraction of sp³-hybridized carbons (Fsp3) is 0.400. The maximum Gasteiger partial charge on any atom is 0.228 e. The monoisotopic (exact) mass is 449 g/mol. The number of carbonyl (C=O) groups excluding carboxylic acids is 2. The third-order valence-electron chi connectivity index (χ3n) is 6.40. The number of rotatable bonds is 5. The zero-order valence-corrected chi connectivity index (χ0v) is 19.0. The van der Waals surface area contributed by atoms with Crippen LogP contribution in [0.3, 0.4) is 0 Å². The van der Waals surface area contributed by atoms with Gasteiger partial charge in [-0.05, 0) is 44.0 Å². The number of aromatic nitrogens is 1. The number of fused-ring (bicyclic) bond motifs is 1. The minimum absolute atomic E-state index is 0.0140. The van der Waals surface area contributed by atoms with Gasteiger partial charge >= 0.3 is 0 Å². The van der Waals surface area contributed by atoms with Crippen LogP contribution in [0.4, 0.5) is 5.69 Å². The van der Waals surface area contributed by atoms with Gasteiger partial charge in [0, 0.05) is 32.0 Å². The predicted octanol–water partition coefficient (Wildman–Crippen LogP) is 4.45. The lowest BCUT2D eigenvalue weighted by atomic mass is 9.96. The summed E-state index contributed by atoms with van der Waals surface area (Å²) >= 11 is 1.76. The van der Waals surface area contributed by atoms with E-state index in [1.54, 1.807) is 16.2 Å². The van der Waals surface area contributed by atoms with E-state index >= 15 is 0 Å². The minimum Gasteiger partial charge on any atom is -0.492 e. The first-order valence-corrected chi connectivity index (χ1v) is 12.1. The second-order valence-electron chi connectivity index (χ2n) is 8.43. The van der Waals surface area contributed by atoms with Crippen LogP contribution in [0.5, 0.6) is 5.75 Å². The van der Waals surface area contributed by atoms with Crippen molar-refractivity contribution in [2.45, 2.75) is 32.1 Å². The number of amides is 2. The fourth-order valence-corrected chi connectivity index (χ4v) is 5.87. The van der Waals surface area contributed by atoms with Gasteiger partial charge in [0.1, 0.15) is 5.75 Å². The van der Waals surface area contributed by atoms with E-state index in [0.717, 1.165) is 37.1 Å². The number of likely N-dealkylation sites (tertiary alicyclic amines) is 1. The summed E-state index contributed by atoms with van der Waals surface area (Å²) in [5.41, 5.74) is 1.81. The first kappa shape index (κ1) is 20.9. The Morgan fingerprint density at radius 1 is 1.12 bits per heavy atom. The third kappa shape index (κ3) is 3.97. The number of para-hydroxylation sites is 3. The molecule has 2 saturated heterocycles. The van der Waals surface area contributed by atoms with Gasteiger partial charge in [-0.1, -0.05) is 24.3 Å². The molecule has 1 aromatic heterocycles. The maximum atomic E-state index is 13.2. The van der Waals surface area contributed by atoms with Crippen molar-refractivity contribution in [2.75, 3.05) is 31.1 Å². The molecule has 7 heteroatoms. The molecule has 5 rings (SSSR count). The molecule has 3 heterocycles. The van der Waals surface area contributed by atoms with Crippen molar-refractivity contribution in [3.05, 3.63) is 53.5 Å². The summed E-state index contributed by atoms with van der Waals surface area (Å²) in [7, 11) is 0. The summed E-state index contributed by atoms with van der Waals surface area (Å²) in [6, 6.07) is 15.8. The van der Waals surface area contributed by atoms with E-state index in [1.807, 2.05) is 48.2 Å². The quantitative estimate of drug-likeness (QED) is 0.577. The Bertz CT molecular complexity index is 1100. The zero-order valence-electron chi connectivity index (χ0n) is 18.2. The summed E-state index contributed by atoms with van der Waals surface area (Å²) in [5.74, 6) is 0.873. The summed E-state index contributed by atoms with van der Waals surface area (Å²) in [4.78, 5) is 34.4. The predicted molar refractivity (Wildman–Crippen MR) is 126 cm³/mol. The molecule has 0 aliphatic carbocycles. The van der Waals surface area contributed by atoms with E-state index in [0.29, 0.717) is 24.8 Å². The molecular formula is C25H27N3O3S. The average molecular weight is 450 g/mol. The molecule has 1 atom stereocenters. The second-order valence-corrected chi connectivity index (χ2v) is 9.49. The lowest BCUT2D eigenvalue weighted by Gasteiger charge is -2.32. The molecule has 6 nitrogen and oxygen atoms in total. The second kappa shape index (κ2) is 8.90. The minimum atomic E-state index is -0.295. The molecule has 0 bridgehead atoms. The molecule has 166 valence electrons. The van der Waals surface area contributed by atoms with Gasteiger partial charge in [0.25, 0.3) is 0 Å². The van der Waals surface area contributed by atoms with E-state index in [2.05, 4.69) is 12.1 Å². The number of hydrogen-bond acceptors (Lipinski definition) is 5. The van der Waals surface area contributed by atoms with Crippen molar-refractivity contribution in [1.29, 1.82) is 0 Å². The third-order valence-corrected chi connectivity index (χ3v) is 7.60. The van der Waals surface area contributed by atoms with Gasteiger partial charge in [0.15, 0.2) is 0 Å². The highest BCUT2D eigenvalue weighted by Crippen LogP contribution is 2.36. The number of benzene rings is 2. The van der Waals surface area contributed by atoms with Gasteiger partial charge in [-0.2, -0.15) is 0 Å². The number of ether oxygens (including phenoxy) is 1. The van der Waals surface area contributed by atoms with E-state index in [1.165, 1.54) is 9.71 Å². The van der Waals surface area contributed by atoms with Gasteiger partial charge in [-0.3, -0.25) is 9.59 Å². The molecule has 0 saturated carbocycles. The number of anilines is 1. The Labute approximate surface area is 191 Å². The summed E-state index contributed by atoms with van der Waals surface area (Å²) < 4.78 is 6.91. The van der Waals surface area contributed by atoms with Gasteiger partial charge < -0.3 is 14.5 Å². The number of nitrogens with zero attached hydrogens (tertiary/aromatic N) is 3.